The lowest BCUT2D eigenvalue weighted by Crippen LogP contribution is -2.57. The van der Waals surface area contributed by atoms with Gasteiger partial charge in [0.2, 0.25) is 20.0 Å². The number of ether oxygens (including phenoxy) is 1. The molecular weight excluding hydrogens is 612 g/mol. The van der Waals surface area contributed by atoms with Gasteiger partial charge in [-0.3, -0.25) is 0 Å². The molecule has 0 unspecified atom stereocenters. The number of rotatable bonds is 24. The molecule has 0 rings (SSSR count). The molecule has 7 nitrogen and oxygen atoms in total. The van der Waals surface area contributed by atoms with E-state index in [2.05, 4.69) is 17.9 Å². The first-order valence-corrected chi connectivity index (χ1v) is 16.5. The van der Waals surface area contributed by atoms with Crippen molar-refractivity contribution in [1.82, 2.24) is 9.44 Å². The fourth-order valence-corrected chi connectivity index (χ4v) is 5.80. The fraction of sp³-hybridized carbons (Fsp3) is 0.833. The van der Waals surface area contributed by atoms with Gasteiger partial charge in [0.1, 0.15) is 0 Å². The average Bonchev–Trinajstić information content (AvgIpc) is 2.81. The molecule has 2 N–H and O–H groups in total. The van der Waals surface area contributed by atoms with Crippen molar-refractivity contribution in [3.63, 3.8) is 0 Å². The maximum atomic E-state index is 14.3. The fourth-order valence-electron chi connectivity index (χ4n) is 3.39. The molecule has 0 radical (unpaired) electrons. The summed E-state index contributed by atoms with van der Waals surface area (Å²) in [5.41, 5.74) is 0. The first kappa shape index (κ1) is 39.5. The van der Waals surface area contributed by atoms with Crippen LogP contribution in [-0.4, -0.2) is 52.3 Å². The van der Waals surface area contributed by atoms with Gasteiger partial charge in [-0.2, -0.15) is 35.1 Å². The van der Waals surface area contributed by atoms with Crippen molar-refractivity contribution in [2.24, 2.45) is 0 Å². The van der Waals surface area contributed by atoms with E-state index >= 15 is 0 Å². The molecule has 17 heteroatoms. The maximum Gasteiger partial charge on any atom is 0.385 e. The lowest BCUT2D eigenvalue weighted by atomic mass is 10.1. The molecule has 0 heterocycles. The van der Waals surface area contributed by atoms with Gasteiger partial charge >= 0.3 is 23.9 Å². The summed E-state index contributed by atoms with van der Waals surface area (Å²) in [6.45, 7) is 8.54. The summed E-state index contributed by atoms with van der Waals surface area (Å²) in [5, 5.41) is 0. The lowest BCUT2D eigenvalue weighted by Gasteiger charge is -2.31. The molecule has 0 spiro atoms. The topological polar surface area (TPSA) is 102 Å². The summed E-state index contributed by atoms with van der Waals surface area (Å²) in [6.07, 6.45) is 6.51. The van der Waals surface area contributed by atoms with E-state index in [-0.39, 0.29) is 12.8 Å². The molecule has 0 aliphatic heterocycles. The molecule has 0 aliphatic rings. The van der Waals surface area contributed by atoms with E-state index in [1.807, 2.05) is 13.8 Å². The van der Waals surface area contributed by atoms with Crippen LogP contribution in [0.2, 0.25) is 0 Å². The maximum absolute atomic E-state index is 14.3. The zero-order chi connectivity index (χ0) is 32.2. The van der Waals surface area contributed by atoms with Crippen LogP contribution in [0.5, 0.6) is 0 Å². The molecule has 244 valence electrons. The number of sulfonamides is 2. The standard InChI is InChI=1S/C24H40F8N2O5S2/c1-5-7-9-11-13-15-17-40(35,36)33-23(29,30)21(25,26)19(3)39-20(4)22(27,28)24(31,32)34-41(37,38)18-16-14-12-10-8-6-2/h33-34H,3-18H2,1-2H3. The van der Waals surface area contributed by atoms with Crippen LogP contribution in [0.15, 0.2) is 24.7 Å². The first-order chi connectivity index (χ1) is 18.6. The van der Waals surface area contributed by atoms with E-state index in [0.717, 1.165) is 38.5 Å². The molecule has 0 aromatic heterocycles. The lowest BCUT2D eigenvalue weighted by molar-refractivity contribution is -0.227. The highest BCUT2D eigenvalue weighted by molar-refractivity contribution is 7.89. The Morgan fingerprint density at radius 1 is 0.561 bits per heavy atom. The van der Waals surface area contributed by atoms with Crippen molar-refractivity contribution < 1.29 is 56.7 Å². The van der Waals surface area contributed by atoms with E-state index in [1.54, 1.807) is 0 Å². The van der Waals surface area contributed by atoms with Gasteiger partial charge < -0.3 is 4.74 Å². The number of halogens is 8. The van der Waals surface area contributed by atoms with Crippen LogP contribution in [0.4, 0.5) is 35.1 Å². The Hall–Kier alpha value is -1.46. The minimum Gasteiger partial charge on any atom is -0.454 e. The van der Waals surface area contributed by atoms with E-state index in [0.29, 0.717) is 35.1 Å². The highest BCUT2D eigenvalue weighted by atomic mass is 32.2. The van der Waals surface area contributed by atoms with Gasteiger partial charge in [-0.15, -0.1) is 9.44 Å². The van der Waals surface area contributed by atoms with Crippen molar-refractivity contribution in [3.05, 3.63) is 24.7 Å². The van der Waals surface area contributed by atoms with Gasteiger partial charge in [-0.1, -0.05) is 91.2 Å². The minimum absolute atomic E-state index is 0.134. The molecule has 0 aliphatic carbocycles. The smallest absolute Gasteiger partial charge is 0.385 e. The van der Waals surface area contributed by atoms with Crippen molar-refractivity contribution >= 4 is 20.0 Å². The summed E-state index contributed by atoms with van der Waals surface area (Å²) in [7, 11) is -10.0. The van der Waals surface area contributed by atoms with Crippen LogP contribution in [0.3, 0.4) is 0 Å². The second-order valence-corrected chi connectivity index (χ2v) is 13.3. The number of alkyl halides is 8. The second-order valence-electron chi connectivity index (χ2n) is 9.62. The summed E-state index contributed by atoms with van der Waals surface area (Å²) in [5.74, 6) is -18.4. The van der Waals surface area contributed by atoms with Crippen molar-refractivity contribution in [2.75, 3.05) is 11.5 Å². The normalized spacial score (nSPS) is 13.8. The van der Waals surface area contributed by atoms with E-state index in [1.165, 1.54) is 0 Å². The molecule has 0 saturated carbocycles. The molecule has 0 atom stereocenters. The number of unbranched alkanes of at least 4 members (excludes halogenated alkanes) is 10. The Morgan fingerprint density at radius 2 is 0.829 bits per heavy atom. The minimum atomic E-state index is -5.72. The van der Waals surface area contributed by atoms with Crippen LogP contribution >= 0.6 is 0 Å². The van der Waals surface area contributed by atoms with Crippen LogP contribution in [0.1, 0.15) is 90.9 Å². The third kappa shape index (κ3) is 13.2. The molecule has 0 aromatic carbocycles. The predicted octanol–water partition coefficient (Wildman–Crippen LogP) is 7.05. The summed E-state index contributed by atoms with van der Waals surface area (Å²) >= 11 is 0. The molecule has 0 fully saturated rings. The summed E-state index contributed by atoms with van der Waals surface area (Å²) in [6, 6.07) is -11.3. The van der Waals surface area contributed by atoms with Gasteiger partial charge in [0.15, 0.2) is 11.5 Å². The SMILES string of the molecule is C=C(OC(=C)C(F)(F)C(F)(F)NS(=O)(=O)CCCCCCCC)C(F)(F)C(F)(F)NS(=O)(=O)CCCCCCCC. The van der Waals surface area contributed by atoms with Crippen LogP contribution < -0.4 is 9.44 Å². The number of hydrogen-bond donors (Lipinski definition) is 2. The predicted molar refractivity (Wildman–Crippen MR) is 140 cm³/mol. The highest BCUT2D eigenvalue weighted by Crippen LogP contribution is 2.44. The van der Waals surface area contributed by atoms with E-state index < -0.39 is 67.0 Å². The summed E-state index contributed by atoms with van der Waals surface area (Å²) < 4.78 is 166. The molecule has 0 bridgehead atoms. The van der Waals surface area contributed by atoms with Crippen LogP contribution in [0, 0.1) is 0 Å². The van der Waals surface area contributed by atoms with Gasteiger partial charge in [0.25, 0.3) is 0 Å². The molecule has 0 amide bonds. The molecule has 0 saturated heterocycles. The summed E-state index contributed by atoms with van der Waals surface area (Å²) in [4.78, 5) is 0. The molecular formula is C24H40F8N2O5S2. The quantitative estimate of drug-likeness (QED) is 0.0504. The monoisotopic (exact) mass is 652 g/mol. The molecule has 41 heavy (non-hydrogen) atoms. The third-order valence-electron chi connectivity index (χ3n) is 5.84. The van der Waals surface area contributed by atoms with Crippen molar-refractivity contribution in [3.8, 4) is 0 Å². The zero-order valence-electron chi connectivity index (χ0n) is 23.2. The molecule has 0 aromatic rings. The Morgan fingerprint density at radius 3 is 1.12 bits per heavy atom. The third-order valence-corrected chi connectivity index (χ3v) is 8.62. The zero-order valence-corrected chi connectivity index (χ0v) is 24.8. The Balaban J connectivity index is 5.30. The Kier molecular flexibility index (Phi) is 15.8. The van der Waals surface area contributed by atoms with Crippen LogP contribution in [0.25, 0.3) is 0 Å². The van der Waals surface area contributed by atoms with Crippen molar-refractivity contribution in [1.29, 1.82) is 0 Å². The van der Waals surface area contributed by atoms with Gasteiger partial charge in [0, 0.05) is 0 Å². The van der Waals surface area contributed by atoms with E-state index in [4.69, 9.17) is 0 Å². The highest BCUT2D eigenvalue weighted by Gasteiger charge is 2.65. The van der Waals surface area contributed by atoms with Crippen LogP contribution in [-0.2, 0) is 24.8 Å². The Labute approximate surface area is 237 Å². The second kappa shape index (κ2) is 16.4. The average molecular weight is 653 g/mol. The van der Waals surface area contributed by atoms with Crippen molar-refractivity contribution in [2.45, 2.75) is 115 Å². The largest absolute Gasteiger partial charge is 0.454 e. The van der Waals surface area contributed by atoms with Gasteiger partial charge in [-0.25, -0.2) is 16.8 Å². The number of nitrogens with one attached hydrogen (secondary N) is 2. The van der Waals surface area contributed by atoms with E-state index in [9.17, 15) is 52.0 Å². The number of hydrogen-bond acceptors (Lipinski definition) is 5. The van der Waals surface area contributed by atoms with Gasteiger partial charge in [0.05, 0.1) is 11.5 Å². The first-order valence-electron chi connectivity index (χ1n) is 13.2. The Bertz CT molecular complexity index is 970. The van der Waals surface area contributed by atoms with Gasteiger partial charge in [-0.05, 0) is 12.8 Å².